The molecule has 1 atom stereocenters. The van der Waals surface area contributed by atoms with Gasteiger partial charge in [0.05, 0.1) is 18.0 Å². The molecule has 1 aliphatic heterocycles. The Balaban J connectivity index is 2.18. The summed E-state index contributed by atoms with van der Waals surface area (Å²) in [4.78, 5) is 0. The summed E-state index contributed by atoms with van der Waals surface area (Å²) in [5.41, 5.74) is 7.60. The molecule has 74 valence electrons. The maximum atomic E-state index is 5.95. The molecule has 4 nitrogen and oxygen atoms in total. The van der Waals surface area contributed by atoms with E-state index in [1.165, 1.54) is 0 Å². The Bertz CT molecular complexity index is 345. The number of aryl methyl sites for hydroxylation is 1. The lowest BCUT2D eigenvalue weighted by atomic mass is 10.1. The fourth-order valence-corrected chi connectivity index (χ4v) is 1.37. The number of rotatable bonds is 2. The van der Waals surface area contributed by atoms with Gasteiger partial charge in [0, 0.05) is 6.42 Å². The standard InChI is InChI=1S/C10H13N3O/c1-7-4-5-8(13-12-7)10(11)9-3-2-6-14-9/h3-5,10H,2,6,11H2,1H3. The molecule has 2 heterocycles. The van der Waals surface area contributed by atoms with Gasteiger partial charge in [-0.2, -0.15) is 10.2 Å². The van der Waals surface area contributed by atoms with Crippen molar-refractivity contribution in [1.82, 2.24) is 10.2 Å². The van der Waals surface area contributed by atoms with Crippen LogP contribution in [0.25, 0.3) is 0 Å². The Morgan fingerprint density at radius 3 is 2.86 bits per heavy atom. The van der Waals surface area contributed by atoms with Gasteiger partial charge in [-0.05, 0) is 25.1 Å². The Morgan fingerprint density at radius 2 is 2.29 bits per heavy atom. The maximum Gasteiger partial charge on any atom is 0.115 e. The molecule has 0 fully saturated rings. The van der Waals surface area contributed by atoms with Crippen LogP contribution >= 0.6 is 0 Å². The largest absolute Gasteiger partial charge is 0.496 e. The predicted molar refractivity (Wildman–Crippen MR) is 52.3 cm³/mol. The Kier molecular flexibility index (Phi) is 2.45. The van der Waals surface area contributed by atoms with Gasteiger partial charge >= 0.3 is 0 Å². The third-order valence-corrected chi connectivity index (χ3v) is 2.18. The van der Waals surface area contributed by atoms with Gasteiger partial charge < -0.3 is 10.5 Å². The van der Waals surface area contributed by atoms with Crippen LogP contribution in [0.4, 0.5) is 0 Å². The predicted octanol–water partition coefficient (Wildman–Crippen LogP) is 1.09. The van der Waals surface area contributed by atoms with E-state index in [4.69, 9.17) is 10.5 Å². The third kappa shape index (κ3) is 1.75. The van der Waals surface area contributed by atoms with Crippen LogP contribution in [0.3, 0.4) is 0 Å². The van der Waals surface area contributed by atoms with Crippen molar-refractivity contribution in [3.8, 4) is 0 Å². The van der Waals surface area contributed by atoms with Crippen LogP contribution in [0.15, 0.2) is 24.0 Å². The van der Waals surface area contributed by atoms with Crippen LogP contribution < -0.4 is 5.73 Å². The van der Waals surface area contributed by atoms with Gasteiger partial charge in [0.1, 0.15) is 11.8 Å². The molecule has 0 spiro atoms. The first-order chi connectivity index (χ1) is 6.77. The summed E-state index contributed by atoms with van der Waals surface area (Å²) in [7, 11) is 0. The van der Waals surface area contributed by atoms with E-state index in [0.717, 1.165) is 30.2 Å². The lowest BCUT2D eigenvalue weighted by Crippen LogP contribution is -2.15. The molecule has 1 aliphatic rings. The molecular weight excluding hydrogens is 178 g/mol. The number of hydrogen-bond donors (Lipinski definition) is 1. The van der Waals surface area contributed by atoms with E-state index in [9.17, 15) is 0 Å². The SMILES string of the molecule is Cc1ccc(C(N)C2=CCCO2)nn1. The van der Waals surface area contributed by atoms with Crippen molar-refractivity contribution in [2.24, 2.45) is 5.73 Å². The molecular formula is C10H13N3O. The molecule has 0 amide bonds. The van der Waals surface area contributed by atoms with Crippen LogP contribution in [-0.2, 0) is 4.74 Å². The van der Waals surface area contributed by atoms with Crippen molar-refractivity contribution < 1.29 is 4.74 Å². The number of ether oxygens (including phenoxy) is 1. The van der Waals surface area contributed by atoms with Gasteiger partial charge in [-0.15, -0.1) is 0 Å². The van der Waals surface area contributed by atoms with Crippen molar-refractivity contribution in [1.29, 1.82) is 0 Å². The molecule has 0 aromatic carbocycles. The zero-order valence-electron chi connectivity index (χ0n) is 8.10. The molecule has 1 aromatic heterocycles. The lowest BCUT2D eigenvalue weighted by molar-refractivity contribution is 0.224. The van der Waals surface area contributed by atoms with Gasteiger partial charge in [-0.1, -0.05) is 0 Å². The molecule has 2 rings (SSSR count). The maximum absolute atomic E-state index is 5.95. The van der Waals surface area contributed by atoms with Crippen molar-refractivity contribution in [3.63, 3.8) is 0 Å². The topological polar surface area (TPSA) is 61.0 Å². The first-order valence-electron chi connectivity index (χ1n) is 4.66. The molecule has 0 radical (unpaired) electrons. The van der Waals surface area contributed by atoms with Gasteiger partial charge in [-0.25, -0.2) is 0 Å². The quantitative estimate of drug-likeness (QED) is 0.760. The molecule has 1 aromatic rings. The van der Waals surface area contributed by atoms with Crippen LogP contribution in [-0.4, -0.2) is 16.8 Å². The fourth-order valence-electron chi connectivity index (χ4n) is 1.37. The van der Waals surface area contributed by atoms with Gasteiger partial charge in [-0.3, -0.25) is 0 Å². The lowest BCUT2D eigenvalue weighted by Gasteiger charge is -2.11. The minimum absolute atomic E-state index is 0.273. The van der Waals surface area contributed by atoms with E-state index in [2.05, 4.69) is 10.2 Å². The number of nitrogens with two attached hydrogens (primary N) is 1. The van der Waals surface area contributed by atoms with Crippen molar-refractivity contribution in [3.05, 3.63) is 35.4 Å². The average molecular weight is 191 g/mol. The normalized spacial score (nSPS) is 17.4. The first-order valence-corrected chi connectivity index (χ1v) is 4.66. The summed E-state index contributed by atoms with van der Waals surface area (Å²) in [6, 6.07) is 3.51. The minimum Gasteiger partial charge on any atom is -0.496 e. The van der Waals surface area contributed by atoms with E-state index in [1.807, 2.05) is 25.1 Å². The van der Waals surface area contributed by atoms with Gasteiger partial charge in [0.15, 0.2) is 0 Å². The summed E-state index contributed by atoms with van der Waals surface area (Å²) < 4.78 is 5.37. The number of nitrogens with zero attached hydrogens (tertiary/aromatic N) is 2. The second-order valence-corrected chi connectivity index (χ2v) is 3.32. The smallest absolute Gasteiger partial charge is 0.115 e. The molecule has 0 aliphatic carbocycles. The summed E-state index contributed by atoms with van der Waals surface area (Å²) in [5.74, 6) is 0.808. The first kappa shape index (κ1) is 9.15. The van der Waals surface area contributed by atoms with Crippen LogP contribution in [0.2, 0.25) is 0 Å². The Labute approximate surface area is 82.8 Å². The highest BCUT2D eigenvalue weighted by molar-refractivity contribution is 5.19. The molecule has 2 N–H and O–H groups in total. The fraction of sp³-hybridized carbons (Fsp3) is 0.400. The van der Waals surface area contributed by atoms with Gasteiger partial charge in [0.25, 0.3) is 0 Å². The molecule has 4 heteroatoms. The number of aromatic nitrogens is 2. The zero-order chi connectivity index (χ0) is 9.97. The van der Waals surface area contributed by atoms with E-state index < -0.39 is 0 Å². The highest BCUT2D eigenvalue weighted by Gasteiger charge is 2.17. The number of hydrogen-bond acceptors (Lipinski definition) is 4. The van der Waals surface area contributed by atoms with Crippen LogP contribution in [0.1, 0.15) is 23.9 Å². The zero-order valence-corrected chi connectivity index (χ0v) is 8.10. The van der Waals surface area contributed by atoms with E-state index in [-0.39, 0.29) is 6.04 Å². The molecule has 0 bridgehead atoms. The summed E-state index contributed by atoms with van der Waals surface area (Å²) in [6.45, 7) is 2.62. The molecule has 14 heavy (non-hydrogen) atoms. The second kappa shape index (κ2) is 3.75. The van der Waals surface area contributed by atoms with Crippen molar-refractivity contribution >= 4 is 0 Å². The van der Waals surface area contributed by atoms with Crippen LogP contribution in [0, 0.1) is 6.92 Å². The van der Waals surface area contributed by atoms with Crippen molar-refractivity contribution in [2.75, 3.05) is 6.61 Å². The molecule has 1 unspecified atom stereocenters. The summed E-state index contributed by atoms with van der Waals surface area (Å²) in [6.07, 6.45) is 2.94. The third-order valence-electron chi connectivity index (χ3n) is 2.18. The second-order valence-electron chi connectivity index (χ2n) is 3.32. The van der Waals surface area contributed by atoms with Crippen molar-refractivity contribution in [2.45, 2.75) is 19.4 Å². The average Bonchev–Trinajstić information content (AvgIpc) is 2.71. The Hall–Kier alpha value is -1.42. The highest BCUT2D eigenvalue weighted by atomic mass is 16.5. The molecule has 0 saturated carbocycles. The monoisotopic (exact) mass is 191 g/mol. The van der Waals surface area contributed by atoms with E-state index in [0.29, 0.717) is 0 Å². The minimum atomic E-state index is -0.273. The van der Waals surface area contributed by atoms with E-state index in [1.54, 1.807) is 0 Å². The highest BCUT2D eigenvalue weighted by Crippen LogP contribution is 2.22. The van der Waals surface area contributed by atoms with Gasteiger partial charge in [0.2, 0.25) is 0 Å². The summed E-state index contributed by atoms with van der Waals surface area (Å²) >= 11 is 0. The van der Waals surface area contributed by atoms with Crippen LogP contribution in [0.5, 0.6) is 0 Å². The van der Waals surface area contributed by atoms with E-state index >= 15 is 0 Å². The summed E-state index contributed by atoms with van der Waals surface area (Å²) in [5, 5.41) is 7.99. The Morgan fingerprint density at radius 1 is 1.43 bits per heavy atom. The molecule has 0 saturated heterocycles.